The van der Waals surface area contributed by atoms with Crippen LogP contribution in [0.3, 0.4) is 0 Å². The van der Waals surface area contributed by atoms with Gasteiger partial charge < -0.3 is 10.1 Å². The van der Waals surface area contributed by atoms with Crippen molar-refractivity contribution in [1.82, 2.24) is 20.1 Å². The Kier molecular flexibility index (Phi) is 4.39. The van der Waals surface area contributed by atoms with Gasteiger partial charge >= 0.3 is 0 Å². The first-order chi connectivity index (χ1) is 9.45. The van der Waals surface area contributed by atoms with Crippen molar-refractivity contribution in [1.29, 1.82) is 0 Å². The highest BCUT2D eigenvalue weighted by Crippen LogP contribution is 2.21. The molecule has 5 nitrogen and oxygen atoms in total. The number of hydrogen-bond donors (Lipinski definition) is 1. The molecule has 20 heavy (non-hydrogen) atoms. The Morgan fingerprint density at radius 2 is 2.05 bits per heavy atom. The maximum atomic E-state index is 5.76. The number of aromatic nitrogens is 3. The van der Waals surface area contributed by atoms with Crippen LogP contribution < -0.4 is 10.1 Å². The van der Waals surface area contributed by atoms with Gasteiger partial charge in [0.1, 0.15) is 0 Å². The minimum atomic E-state index is 0.461. The molecule has 0 aromatic carbocycles. The van der Waals surface area contributed by atoms with Crippen LogP contribution in [-0.4, -0.2) is 20.8 Å². The van der Waals surface area contributed by atoms with Gasteiger partial charge in [0.15, 0.2) is 0 Å². The molecule has 0 spiro atoms. The molecular formula is C15H22N4O. The molecule has 0 atom stereocenters. The second-order valence-electron chi connectivity index (χ2n) is 5.28. The third kappa shape index (κ3) is 3.57. The third-order valence-corrected chi connectivity index (χ3v) is 3.04. The van der Waals surface area contributed by atoms with Gasteiger partial charge in [-0.05, 0) is 19.4 Å². The van der Waals surface area contributed by atoms with E-state index in [9.17, 15) is 0 Å². The van der Waals surface area contributed by atoms with Crippen LogP contribution in [0.1, 0.15) is 30.8 Å². The third-order valence-electron chi connectivity index (χ3n) is 3.04. The average Bonchev–Trinajstić information content (AvgIpc) is 2.66. The fraction of sp³-hybridized carbons (Fsp3) is 0.467. The number of pyridine rings is 1. The van der Waals surface area contributed by atoms with Crippen LogP contribution in [0.15, 0.2) is 18.2 Å². The van der Waals surface area contributed by atoms with E-state index in [1.807, 2.05) is 33.0 Å². The zero-order valence-corrected chi connectivity index (χ0v) is 12.8. The highest BCUT2D eigenvalue weighted by atomic mass is 16.5. The van der Waals surface area contributed by atoms with Crippen molar-refractivity contribution < 1.29 is 4.74 Å². The molecule has 0 aliphatic heterocycles. The summed E-state index contributed by atoms with van der Waals surface area (Å²) in [6, 6.07) is 6.30. The van der Waals surface area contributed by atoms with E-state index in [2.05, 4.69) is 35.3 Å². The first-order valence-electron chi connectivity index (χ1n) is 6.84. The van der Waals surface area contributed by atoms with Crippen LogP contribution in [0.25, 0.3) is 0 Å². The highest BCUT2D eigenvalue weighted by Gasteiger charge is 2.07. The number of rotatable bonds is 5. The monoisotopic (exact) mass is 274 g/mol. The van der Waals surface area contributed by atoms with Gasteiger partial charge in [-0.3, -0.25) is 0 Å². The normalized spacial score (nSPS) is 11.1. The summed E-state index contributed by atoms with van der Waals surface area (Å²) < 4.78 is 7.47. The number of ether oxygens (including phenoxy) is 1. The van der Waals surface area contributed by atoms with Crippen LogP contribution in [0.5, 0.6) is 11.8 Å². The van der Waals surface area contributed by atoms with E-state index in [1.165, 1.54) is 5.56 Å². The fourth-order valence-electron chi connectivity index (χ4n) is 1.91. The molecule has 0 fully saturated rings. The van der Waals surface area contributed by atoms with Crippen LogP contribution in [-0.2, 0) is 13.6 Å². The quantitative estimate of drug-likeness (QED) is 0.911. The molecule has 0 unspecified atom stereocenters. The van der Waals surface area contributed by atoms with Crippen molar-refractivity contribution in [3.63, 3.8) is 0 Å². The van der Waals surface area contributed by atoms with Gasteiger partial charge in [0.05, 0.1) is 5.69 Å². The van der Waals surface area contributed by atoms with Crippen molar-refractivity contribution in [2.45, 2.75) is 40.3 Å². The predicted molar refractivity (Wildman–Crippen MR) is 79.0 cm³/mol. The smallest absolute Gasteiger partial charge is 0.221 e. The minimum Gasteiger partial charge on any atom is -0.421 e. The van der Waals surface area contributed by atoms with Crippen LogP contribution >= 0.6 is 0 Å². The molecule has 0 amide bonds. The molecule has 0 bridgehead atoms. The van der Waals surface area contributed by atoms with E-state index in [0.29, 0.717) is 17.8 Å². The maximum Gasteiger partial charge on any atom is 0.221 e. The number of nitrogens with one attached hydrogen (secondary N) is 1. The highest BCUT2D eigenvalue weighted by molar-refractivity contribution is 5.28. The molecule has 2 aromatic rings. The number of hydrogen-bond acceptors (Lipinski definition) is 4. The molecule has 0 aliphatic carbocycles. The van der Waals surface area contributed by atoms with Gasteiger partial charge in [0, 0.05) is 37.5 Å². The Bertz CT molecular complexity index is 590. The lowest BCUT2D eigenvalue weighted by molar-refractivity contribution is 0.414. The summed E-state index contributed by atoms with van der Waals surface area (Å²) in [5, 5.41) is 7.64. The van der Waals surface area contributed by atoms with Crippen molar-refractivity contribution in [3.05, 3.63) is 35.2 Å². The van der Waals surface area contributed by atoms with Crippen LogP contribution in [0.2, 0.25) is 0 Å². The van der Waals surface area contributed by atoms with E-state index in [-0.39, 0.29) is 0 Å². The molecule has 0 saturated heterocycles. The second kappa shape index (κ2) is 6.05. The van der Waals surface area contributed by atoms with Gasteiger partial charge in [-0.15, -0.1) is 0 Å². The molecule has 0 aliphatic rings. The summed E-state index contributed by atoms with van der Waals surface area (Å²) >= 11 is 0. The Morgan fingerprint density at radius 3 is 2.60 bits per heavy atom. The Hall–Kier alpha value is -1.88. The van der Waals surface area contributed by atoms with Crippen LogP contribution in [0.4, 0.5) is 0 Å². The Labute approximate surface area is 120 Å². The van der Waals surface area contributed by atoms with Gasteiger partial charge in [0.2, 0.25) is 11.8 Å². The first-order valence-corrected chi connectivity index (χ1v) is 6.84. The van der Waals surface area contributed by atoms with E-state index >= 15 is 0 Å². The SMILES string of the molecule is Cc1cc(Oc2ccc(CNC(C)C)c(C)n2)n(C)n1. The van der Waals surface area contributed by atoms with Crippen molar-refractivity contribution in [2.75, 3.05) is 0 Å². The zero-order chi connectivity index (χ0) is 14.7. The standard InChI is InChI=1S/C15H22N4O/c1-10(2)16-9-13-6-7-14(17-12(13)4)20-15-8-11(3)18-19(15)5/h6-8,10,16H,9H2,1-5H3. The summed E-state index contributed by atoms with van der Waals surface area (Å²) in [6.45, 7) is 9.02. The summed E-state index contributed by atoms with van der Waals surface area (Å²) in [4.78, 5) is 4.49. The number of nitrogens with zero attached hydrogens (tertiary/aromatic N) is 3. The molecule has 0 radical (unpaired) electrons. The van der Waals surface area contributed by atoms with E-state index in [4.69, 9.17) is 4.74 Å². The summed E-state index contributed by atoms with van der Waals surface area (Å²) in [5.74, 6) is 1.29. The van der Waals surface area contributed by atoms with E-state index < -0.39 is 0 Å². The molecule has 108 valence electrons. The molecule has 5 heteroatoms. The summed E-state index contributed by atoms with van der Waals surface area (Å²) in [6.07, 6.45) is 0. The second-order valence-corrected chi connectivity index (χ2v) is 5.28. The van der Waals surface area contributed by atoms with Crippen molar-refractivity contribution in [3.8, 4) is 11.8 Å². The lowest BCUT2D eigenvalue weighted by atomic mass is 10.2. The van der Waals surface area contributed by atoms with Crippen LogP contribution in [0, 0.1) is 13.8 Å². The first kappa shape index (κ1) is 14.5. The average molecular weight is 274 g/mol. The summed E-state index contributed by atoms with van der Waals surface area (Å²) in [5.41, 5.74) is 3.10. The largest absolute Gasteiger partial charge is 0.421 e. The van der Waals surface area contributed by atoms with Gasteiger partial charge in [-0.2, -0.15) is 5.10 Å². The van der Waals surface area contributed by atoms with E-state index in [0.717, 1.165) is 17.9 Å². The van der Waals surface area contributed by atoms with Crippen molar-refractivity contribution >= 4 is 0 Å². The van der Waals surface area contributed by atoms with E-state index in [1.54, 1.807) is 4.68 Å². The zero-order valence-electron chi connectivity index (χ0n) is 12.8. The van der Waals surface area contributed by atoms with Gasteiger partial charge in [-0.1, -0.05) is 19.9 Å². The fourth-order valence-corrected chi connectivity index (χ4v) is 1.91. The molecular weight excluding hydrogens is 252 g/mol. The minimum absolute atomic E-state index is 0.461. The molecule has 1 N–H and O–H groups in total. The molecule has 0 saturated carbocycles. The van der Waals surface area contributed by atoms with Gasteiger partial charge in [-0.25, -0.2) is 9.67 Å². The molecule has 2 aromatic heterocycles. The summed E-state index contributed by atoms with van der Waals surface area (Å²) in [7, 11) is 1.86. The number of aryl methyl sites for hydroxylation is 3. The lowest BCUT2D eigenvalue weighted by Crippen LogP contribution is -2.22. The van der Waals surface area contributed by atoms with Crippen molar-refractivity contribution in [2.24, 2.45) is 7.05 Å². The maximum absolute atomic E-state index is 5.76. The predicted octanol–water partition coefficient (Wildman–Crippen LogP) is 2.72. The Balaban J connectivity index is 2.10. The molecule has 2 heterocycles. The topological polar surface area (TPSA) is 52.0 Å². The molecule has 2 rings (SSSR count). The lowest BCUT2D eigenvalue weighted by Gasteiger charge is -2.11. The van der Waals surface area contributed by atoms with Gasteiger partial charge in [0.25, 0.3) is 0 Å². The Morgan fingerprint density at radius 1 is 1.30 bits per heavy atom.